The number of anilines is 1. The van der Waals surface area contributed by atoms with Crippen LogP contribution in [0, 0.1) is 5.82 Å². The van der Waals surface area contributed by atoms with Crippen LogP contribution in [0.25, 0.3) is 11.3 Å². The average Bonchev–Trinajstić information content (AvgIpc) is 3.29. The number of carbonyl (C=O) groups excluding carboxylic acids is 2. The fourth-order valence-electron chi connectivity index (χ4n) is 4.34. The molecule has 1 aromatic heterocycles. The number of halogens is 1. The summed E-state index contributed by atoms with van der Waals surface area (Å²) in [6.07, 6.45) is 1.28. The van der Waals surface area contributed by atoms with Crippen LogP contribution in [0.5, 0.6) is 0 Å². The number of aliphatic imine (C=N–C) groups is 1. The summed E-state index contributed by atoms with van der Waals surface area (Å²) in [4.78, 5) is 37.5. The summed E-state index contributed by atoms with van der Waals surface area (Å²) < 4.78 is 21.9. The van der Waals surface area contributed by atoms with Crippen LogP contribution in [0.3, 0.4) is 0 Å². The van der Waals surface area contributed by atoms with E-state index < -0.39 is 0 Å². The smallest absolute Gasteiger partial charge is 0.410 e. The molecule has 2 aliphatic rings. The molecule has 2 aliphatic heterocycles. The minimum Gasteiger partial charge on any atom is -0.445 e. The largest absolute Gasteiger partial charge is 0.445 e. The molecule has 0 aliphatic carbocycles. The Hall–Kier alpha value is -4.21. The first-order valence-corrected chi connectivity index (χ1v) is 11.9. The Morgan fingerprint density at radius 2 is 1.67 bits per heavy atom. The van der Waals surface area contributed by atoms with Crippen LogP contribution in [0.4, 0.5) is 15.0 Å². The summed E-state index contributed by atoms with van der Waals surface area (Å²) in [5.74, 6) is 0.733. The number of piperazine rings is 1. The molecule has 3 heterocycles. The highest BCUT2D eigenvalue weighted by molar-refractivity contribution is 5.86. The molecule has 0 saturated carbocycles. The second-order valence-corrected chi connectivity index (χ2v) is 8.60. The van der Waals surface area contributed by atoms with Gasteiger partial charge >= 0.3 is 6.09 Å². The van der Waals surface area contributed by atoms with Gasteiger partial charge in [-0.2, -0.15) is 0 Å². The maximum atomic E-state index is 14.5. The third-order valence-electron chi connectivity index (χ3n) is 6.29. The Labute approximate surface area is 208 Å². The molecule has 1 fully saturated rings. The first-order valence-electron chi connectivity index (χ1n) is 11.9. The van der Waals surface area contributed by atoms with Gasteiger partial charge in [0, 0.05) is 38.3 Å². The quantitative estimate of drug-likeness (QED) is 0.574. The highest BCUT2D eigenvalue weighted by Crippen LogP contribution is 2.31. The average molecular weight is 491 g/mol. The molecule has 0 bridgehead atoms. The molecule has 186 valence electrons. The van der Waals surface area contributed by atoms with E-state index in [1.54, 1.807) is 34.2 Å². The standard InChI is InChI=1S/C26H27FN6O3/c27-21-9-5-4-8-20(21)24-25(33-11-10-28-16-22(33)30-24)29-17-23(34)31-12-14-32(15-13-31)26(35)36-18-19-6-2-1-3-7-19/h1-9,16,29H,10-15,17-18H2. The van der Waals surface area contributed by atoms with Crippen molar-refractivity contribution in [1.82, 2.24) is 19.4 Å². The molecule has 10 heteroatoms. The molecule has 0 radical (unpaired) electrons. The van der Waals surface area contributed by atoms with Gasteiger partial charge in [-0.05, 0) is 17.7 Å². The molecule has 2 amide bonds. The van der Waals surface area contributed by atoms with Crippen molar-refractivity contribution in [3.63, 3.8) is 0 Å². The summed E-state index contributed by atoms with van der Waals surface area (Å²) in [5, 5.41) is 3.19. The highest BCUT2D eigenvalue weighted by Gasteiger charge is 2.26. The van der Waals surface area contributed by atoms with Crippen LogP contribution in [-0.4, -0.2) is 76.8 Å². The van der Waals surface area contributed by atoms with Crippen LogP contribution in [-0.2, 0) is 22.7 Å². The van der Waals surface area contributed by atoms with Crippen LogP contribution < -0.4 is 5.32 Å². The van der Waals surface area contributed by atoms with E-state index in [2.05, 4.69) is 15.3 Å². The Morgan fingerprint density at radius 1 is 0.944 bits per heavy atom. The second-order valence-electron chi connectivity index (χ2n) is 8.60. The number of nitrogens with zero attached hydrogens (tertiary/aromatic N) is 5. The van der Waals surface area contributed by atoms with E-state index in [0.29, 0.717) is 62.2 Å². The lowest BCUT2D eigenvalue weighted by Crippen LogP contribution is -2.51. The lowest BCUT2D eigenvalue weighted by molar-refractivity contribution is -0.130. The van der Waals surface area contributed by atoms with E-state index in [0.717, 1.165) is 5.56 Å². The van der Waals surface area contributed by atoms with Gasteiger partial charge in [0.05, 0.1) is 19.3 Å². The normalized spacial score (nSPS) is 14.9. The van der Waals surface area contributed by atoms with Gasteiger partial charge in [0.25, 0.3) is 0 Å². The van der Waals surface area contributed by atoms with Gasteiger partial charge in [0.15, 0.2) is 5.82 Å². The van der Waals surface area contributed by atoms with Crippen molar-refractivity contribution in [3.8, 4) is 11.3 Å². The van der Waals surface area contributed by atoms with Gasteiger partial charge in [-0.25, -0.2) is 14.2 Å². The lowest BCUT2D eigenvalue weighted by atomic mass is 10.1. The molecule has 3 aromatic rings. The number of imidazole rings is 1. The number of ether oxygens (including phenoxy) is 1. The summed E-state index contributed by atoms with van der Waals surface area (Å²) in [6.45, 7) is 3.06. The number of hydrogen-bond acceptors (Lipinski definition) is 6. The van der Waals surface area contributed by atoms with Crippen molar-refractivity contribution >= 4 is 24.0 Å². The zero-order chi connectivity index (χ0) is 24.9. The summed E-state index contributed by atoms with van der Waals surface area (Å²) in [7, 11) is 0. The lowest BCUT2D eigenvalue weighted by Gasteiger charge is -2.34. The molecule has 1 N–H and O–H groups in total. The van der Waals surface area contributed by atoms with Gasteiger partial charge in [-0.1, -0.05) is 42.5 Å². The number of nitrogens with one attached hydrogen (secondary N) is 1. The van der Waals surface area contributed by atoms with Crippen LogP contribution in [0.15, 0.2) is 59.6 Å². The Morgan fingerprint density at radius 3 is 2.44 bits per heavy atom. The van der Waals surface area contributed by atoms with Crippen molar-refractivity contribution < 1.29 is 18.7 Å². The van der Waals surface area contributed by atoms with Crippen molar-refractivity contribution in [2.75, 3.05) is 44.6 Å². The summed E-state index contributed by atoms with van der Waals surface area (Å²) in [5.41, 5.74) is 1.74. The fourth-order valence-corrected chi connectivity index (χ4v) is 4.34. The molecule has 0 unspecified atom stereocenters. The van der Waals surface area contributed by atoms with Crippen LogP contribution in [0.1, 0.15) is 11.4 Å². The first kappa shape index (κ1) is 23.5. The Kier molecular flexibility index (Phi) is 6.92. The number of rotatable bonds is 6. The maximum Gasteiger partial charge on any atom is 0.410 e. The van der Waals surface area contributed by atoms with E-state index in [4.69, 9.17) is 4.74 Å². The number of fused-ring (bicyclic) bond motifs is 1. The van der Waals surface area contributed by atoms with Crippen molar-refractivity contribution in [3.05, 3.63) is 71.8 Å². The van der Waals surface area contributed by atoms with Crippen LogP contribution >= 0.6 is 0 Å². The van der Waals surface area contributed by atoms with E-state index >= 15 is 0 Å². The van der Waals surface area contributed by atoms with E-state index in [1.165, 1.54) is 6.07 Å². The molecular formula is C26H27FN6O3. The minimum atomic E-state index is -0.383. The number of amides is 2. The topological polar surface area (TPSA) is 92.1 Å². The molecule has 5 rings (SSSR count). The summed E-state index contributed by atoms with van der Waals surface area (Å²) >= 11 is 0. The molecule has 2 aromatic carbocycles. The van der Waals surface area contributed by atoms with Crippen molar-refractivity contribution in [2.45, 2.75) is 13.2 Å². The Bertz CT molecular complexity index is 1270. The monoisotopic (exact) mass is 490 g/mol. The molecule has 0 atom stereocenters. The molecular weight excluding hydrogens is 463 g/mol. The van der Waals surface area contributed by atoms with Crippen LogP contribution in [0.2, 0.25) is 0 Å². The number of benzene rings is 2. The third-order valence-corrected chi connectivity index (χ3v) is 6.29. The molecule has 9 nitrogen and oxygen atoms in total. The fraction of sp³-hybridized carbons (Fsp3) is 0.308. The van der Waals surface area contributed by atoms with Gasteiger partial charge in [0.1, 0.15) is 23.9 Å². The second kappa shape index (κ2) is 10.6. The number of hydrogen-bond donors (Lipinski definition) is 1. The first-order chi connectivity index (χ1) is 17.6. The maximum absolute atomic E-state index is 14.5. The van der Waals surface area contributed by atoms with Gasteiger partial charge in [-0.15, -0.1) is 0 Å². The number of carbonyl (C=O) groups is 2. The molecule has 0 spiro atoms. The van der Waals surface area contributed by atoms with E-state index in [-0.39, 0.29) is 31.0 Å². The Balaban J connectivity index is 1.18. The molecule has 1 saturated heterocycles. The van der Waals surface area contributed by atoms with E-state index in [1.807, 2.05) is 34.9 Å². The third kappa shape index (κ3) is 5.07. The van der Waals surface area contributed by atoms with Gasteiger partial charge < -0.3 is 24.4 Å². The predicted molar refractivity (Wildman–Crippen MR) is 133 cm³/mol. The van der Waals surface area contributed by atoms with Gasteiger partial charge in [-0.3, -0.25) is 9.79 Å². The van der Waals surface area contributed by atoms with Gasteiger partial charge in [0.2, 0.25) is 5.91 Å². The van der Waals surface area contributed by atoms with E-state index in [9.17, 15) is 14.0 Å². The zero-order valence-electron chi connectivity index (χ0n) is 19.8. The summed E-state index contributed by atoms with van der Waals surface area (Å²) in [6, 6.07) is 16.0. The van der Waals surface area contributed by atoms with Crippen molar-refractivity contribution in [1.29, 1.82) is 0 Å². The SMILES string of the molecule is O=C(CNc1c(-c2ccccc2F)nc2n1CCN=C2)N1CCN(C(=O)OCc2ccccc2)CC1. The highest BCUT2D eigenvalue weighted by atomic mass is 19.1. The minimum absolute atomic E-state index is 0.0299. The predicted octanol–water partition coefficient (Wildman–Crippen LogP) is 3.01. The number of aromatic nitrogens is 2. The molecule has 36 heavy (non-hydrogen) atoms. The van der Waals surface area contributed by atoms with Crippen molar-refractivity contribution in [2.24, 2.45) is 4.99 Å². The zero-order valence-corrected chi connectivity index (χ0v) is 19.8.